The van der Waals surface area contributed by atoms with Gasteiger partial charge in [0.25, 0.3) is 5.56 Å². The zero-order valence-electron chi connectivity index (χ0n) is 13.7. The van der Waals surface area contributed by atoms with Gasteiger partial charge in [-0.3, -0.25) is 18.7 Å². The number of carbonyl (C=O) groups excluding carboxylic acids is 1. The van der Waals surface area contributed by atoms with E-state index in [2.05, 4.69) is 11.9 Å². The highest BCUT2D eigenvalue weighted by molar-refractivity contribution is 5.79. The van der Waals surface area contributed by atoms with Gasteiger partial charge < -0.3 is 9.47 Å². The molecule has 0 atom stereocenters. The van der Waals surface area contributed by atoms with Crippen molar-refractivity contribution in [3.8, 4) is 0 Å². The Hall–Kier alpha value is -2.38. The Labute approximate surface area is 132 Å². The molecule has 1 fully saturated rings. The van der Waals surface area contributed by atoms with Gasteiger partial charge in [-0.25, -0.2) is 9.78 Å². The zero-order valence-corrected chi connectivity index (χ0v) is 13.7. The molecule has 0 N–H and O–H groups in total. The maximum Gasteiger partial charge on any atom is 0.332 e. The summed E-state index contributed by atoms with van der Waals surface area (Å²) in [6.07, 6.45) is 3.47. The van der Waals surface area contributed by atoms with E-state index in [0.717, 1.165) is 30.5 Å². The highest BCUT2D eigenvalue weighted by Crippen LogP contribution is 2.16. The number of piperidine rings is 1. The van der Waals surface area contributed by atoms with Crippen molar-refractivity contribution in [2.45, 2.75) is 26.3 Å². The van der Waals surface area contributed by atoms with Crippen LogP contribution in [-0.2, 0) is 25.4 Å². The van der Waals surface area contributed by atoms with E-state index in [4.69, 9.17) is 0 Å². The second kappa shape index (κ2) is 5.68. The van der Waals surface area contributed by atoms with E-state index in [9.17, 15) is 14.4 Å². The predicted octanol–water partition coefficient (Wildman–Crippen LogP) is -0.308. The van der Waals surface area contributed by atoms with Crippen molar-refractivity contribution in [1.82, 2.24) is 23.6 Å². The lowest BCUT2D eigenvalue weighted by atomic mass is 9.99. The average molecular weight is 319 g/mol. The van der Waals surface area contributed by atoms with Crippen LogP contribution in [0.3, 0.4) is 0 Å². The maximum atomic E-state index is 12.5. The van der Waals surface area contributed by atoms with Gasteiger partial charge in [-0.1, -0.05) is 6.92 Å². The van der Waals surface area contributed by atoms with Crippen molar-refractivity contribution >= 4 is 17.1 Å². The number of hydrogen-bond donors (Lipinski definition) is 0. The summed E-state index contributed by atoms with van der Waals surface area (Å²) in [4.78, 5) is 42.7. The molecule has 0 unspecified atom stereocenters. The van der Waals surface area contributed by atoms with E-state index in [1.807, 2.05) is 4.90 Å². The monoisotopic (exact) mass is 319 g/mol. The third-order valence-corrected chi connectivity index (χ3v) is 4.66. The molecule has 2 aromatic rings. The Morgan fingerprint density at radius 3 is 2.52 bits per heavy atom. The van der Waals surface area contributed by atoms with Crippen LogP contribution in [0.2, 0.25) is 0 Å². The molecule has 124 valence electrons. The quantitative estimate of drug-likeness (QED) is 0.760. The number of hydrogen-bond acceptors (Lipinski definition) is 4. The molecule has 3 heterocycles. The third-order valence-electron chi connectivity index (χ3n) is 4.66. The first-order chi connectivity index (χ1) is 10.9. The van der Waals surface area contributed by atoms with E-state index in [1.165, 1.54) is 22.5 Å². The summed E-state index contributed by atoms with van der Waals surface area (Å²) >= 11 is 0. The summed E-state index contributed by atoms with van der Waals surface area (Å²) in [6.45, 7) is 3.76. The van der Waals surface area contributed by atoms with Gasteiger partial charge in [0.1, 0.15) is 6.54 Å². The molecule has 23 heavy (non-hydrogen) atoms. The molecule has 0 saturated carbocycles. The topological polar surface area (TPSA) is 82.1 Å². The summed E-state index contributed by atoms with van der Waals surface area (Å²) in [5.41, 5.74) is -0.267. The summed E-state index contributed by atoms with van der Waals surface area (Å²) in [5.74, 6) is 0.627. The highest BCUT2D eigenvalue weighted by Gasteiger charge is 2.22. The molecular formula is C15H21N5O3. The number of carbonyl (C=O) groups is 1. The van der Waals surface area contributed by atoms with Crippen LogP contribution in [0, 0.1) is 5.92 Å². The number of imidazole rings is 1. The molecule has 0 aromatic carbocycles. The zero-order chi connectivity index (χ0) is 16.7. The summed E-state index contributed by atoms with van der Waals surface area (Å²) in [5, 5.41) is 0. The Balaban J connectivity index is 1.94. The summed E-state index contributed by atoms with van der Waals surface area (Å²) in [6, 6.07) is 0. The van der Waals surface area contributed by atoms with Crippen LogP contribution in [0.1, 0.15) is 19.8 Å². The molecular weight excluding hydrogens is 298 g/mol. The molecule has 0 radical (unpaired) electrons. The summed E-state index contributed by atoms with van der Waals surface area (Å²) < 4.78 is 3.89. The molecule has 1 aliphatic rings. The first-order valence-electron chi connectivity index (χ1n) is 7.78. The molecule has 3 rings (SSSR count). The van der Waals surface area contributed by atoms with Crippen LogP contribution < -0.4 is 11.2 Å². The largest absolute Gasteiger partial charge is 0.341 e. The molecule has 1 amide bonds. The lowest BCUT2D eigenvalue weighted by Crippen LogP contribution is -2.40. The molecule has 1 aliphatic heterocycles. The molecule has 8 heteroatoms. The Bertz CT molecular complexity index is 868. The van der Waals surface area contributed by atoms with Gasteiger partial charge >= 0.3 is 5.69 Å². The number of aromatic nitrogens is 4. The molecule has 0 aliphatic carbocycles. The van der Waals surface area contributed by atoms with Gasteiger partial charge in [0.2, 0.25) is 5.91 Å². The highest BCUT2D eigenvalue weighted by atomic mass is 16.2. The Morgan fingerprint density at radius 2 is 1.87 bits per heavy atom. The Morgan fingerprint density at radius 1 is 1.22 bits per heavy atom. The smallest absolute Gasteiger partial charge is 0.332 e. The minimum absolute atomic E-state index is 0.0212. The average Bonchev–Trinajstić information content (AvgIpc) is 2.95. The SMILES string of the molecule is CC1CCN(C(=O)Cn2cnc3c2c(=O)n(C)c(=O)n3C)CC1. The van der Waals surface area contributed by atoms with Crippen molar-refractivity contribution < 1.29 is 4.79 Å². The van der Waals surface area contributed by atoms with Crippen LogP contribution in [0.15, 0.2) is 15.9 Å². The van der Waals surface area contributed by atoms with Crippen molar-refractivity contribution in [3.63, 3.8) is 0 Å². The molecule has 8 nitrogen and oxygen atoms in total. The van der Waals surface area contributed by atoms with Crippen molar-refractivity contribution in [2.75, 3.05) is 13.1 Å². The number of aryl methyl sites for hydroxylation is 1. The molecule has 0 bridgehead atoms. The standard InChI is InChI=1S/C15H21N5O3/c1-10-4-6-19(7-5-10)11(21)8-20-9-16-13-12(20)14(22)18(3)15(23)17(13)2/h9-10H,4-8H2,1-3H3. The van der Waals surface area contributed by atoms with E-state index < -0.39 is 11.2 Å². The first kappa shape index (κ1) is 15.5. The van der Waals surface area contributed by atoms with Crippen molar-refractivity contribution in [1.29, 1.82) is 0 Å². The minimum Gasteiger partial charge on any atom is -0.341 e. The third kappa shape index (κ3) is 2.58. The van der Waals surface area contributed by atoms with Crippen molar-refractivity contribution in [2.24, 2.45) is 20.0 Å². The van der Waals surface area contributed by atoms with Crippen molar-refractivity contribution in [3.05, 3.63) is 27.2 Å². The number of nitrogens with zero attached hydrogens (tertiary/aromatic N) is 5. The number of fused-ring (bicyclic) bond motifs is 1. The van der Waals surface area contributed by atoms with E-state index in [0.29, 0.717) is 11.6 Å². The fraction of sp³-hybridized carbons (Fsp3) is 0.600. The van der Waals surface area contributed by atoms with Crippen LogP contribution in [-0.4, -0.2) is 42.6 Å². The fourth-order valence-corrected chi connectivity index (χ4v) is 3.02. The van der Waals surface area contributed by atoms with Crippen LogP contribution in [0.4, 0.5) is 0 Å². The van der Waals surface area contributed by atoms with E-state index >= 15 is 0 Å². The van der Waals surface area contributed by atoms with Gasteiger partial charge in [-0.05, 0) is 18.8 Å². The van der Waals surface area contributed by atoms with E-state index in [1.54, 1.807) is 7.05 Å². The number of amides is 1. The fourth-order valence-electron chi connectivity index (χ4n) is 3.02. The van der Waals surface area contributed by atoms with Gasteiger partial charge in [-0.15, -0.1) is 0 Å². The lowest BCUT2D eigenvalue weighted by Gasteiger charge is -2.30. The lowest BCUT2D eigenvalue weighted by molar-refractivity contribution is -0.133. The minimum atomic E-state index is -0.430. The van der Waals surface area contributed by atoms with Crippen LogP contribution in [0.25, 0.3) is 11.2 Å². The molecule has 0 spiro atoms. The van der Waals surface area contributed by atoms with E-state index in [-0.39, 0.29) is 18.0 Å². The number of rotatable bonds is 2. The number of likely N-dealkylation sites (tertiary alicyclic amines) is 1. The Kier molecular flexibility index (Phi) is 3.83. The van der Waals surface area contributed by atoms with Crippen LogP contribution >= 0.6 is 0 Å². The normalized spacial score (nSPS) is 16.2. The molecule has 1 saturated heterocycles. The van der Waals surface area contributed by atoms with Gasteiger partial charge in [0.15, 0.2) is 11.2 Å². The van der Waals surface area contributed by atoms with Gasteiger partial charge in [0.05, 0.1) is 6.33 Å². The molecule has 2 aromatic heterocycles. The van der Waals surface area contributed by atoms with Gasteiger partial charge in [0, 0.05) is 27.2 Å². The first-order valence-corrected chi connectivity index (χ1v) is 7.78. The second-order valence-electron chi connectivity index (χ2n) is 6.31. The summed E-state index contributed by atoms with van der Waals surface area (Å²) in [7, 11) is 2.99. The van der Waals surface area contributed by atoms with Crippen LogP contribution in [0.5, 0.6) is 0 Å². The predicted molar refractivity (Wildman–Crippen MR) is 85.2 cm³/mol. The second-order valence-corrected chi connectivity index (χ2v) is 6.31. The maximum absolute atomic E-state index is 12.5. The van der Waals surface area contributed by atoms with Gasteiger partial charge in [-0.2, -0.15) is 0 Å².